The van der Waals surface area contributed by atoms with Crippen molar-refractivity contribution in [3.63, 3.8) is 0 Å². The number of halogens is 2. The molecule has 1 atom stereocenters. The second-order valence-corrected chi connectivity index (χ2v) is 3.47. The van der Waals surface area contributed by atoms with Gasteiger partial charge >= 0.3 is 0 Å². The number of nitrogens with one attached hydrogen (secondary N) is 1. The maximum absolute atomic E-state index is 10.0. The molecule has 0 saturated carbocycles. The van der Waals surface area contributed by atoms with Crippen LogP contribution in [0.25, 0.3) is 0 Å². The monoisotopic (exact) mass is 191 g/mol. The minimum Gasteiger partial charge on any atom is -0.288 e. The first-order chi connectivity index (χ1) is 4.18. The predicted molar refractivity (Wildman–Crippen MR) is 38.7 cm³/mol. The van der Waals surface area contributed by atoms with Crippen molar-refractivity contribution >= 4 is 33.9 Å². The lowest BCUT2D eigenvalue weighted by molar-refractivity contribution is 0.602. The van der Waals surface area contributed by atoms with Crippen LogP contribution in [0.15, 0.2) is 0 Å². The molecule has 0 aliphatic rings. The average molecular weight is 192 g/mol. The Labute approximate surface area is 65.3 Å². The molecular formula is C3H7Cl2NO2S. The first-order valence-corrected chi connectivity index (χ1v) is 4.47. The van der Waals surface area contributed by atoms with Crippen LogP contribution in [0.5, 0.6) is 0 Å². The van der Waals surface area contributed by atoms with Crippen LogP contribution in [0.3, 0.4) is 0 Å². The topological polar surface area (TPSA) is 46.2 Å². The number of hydrogen-bond acceptors (Lipinski definition) is 3. The van der Waals surface area contributed by atoms with Crippen LogP contribution in [0.4, 0.5) is 0 Å². The Kier molecular flexibility index (Phi) is 5.58. The summed E-state index contributed by atoms with van der Waals surface area (Å²) in [5, 5.41) is 2.47. The van der Waals surface area contributed by atoms with Crippen LogP contribution in [0, 0.1) is 0 Å². The largest absolute Gasteiger partial charge is 0.288 e. The Morgan fingerprint density at radius 1 is 1.56 bits per heavy atom. The van der Waals surface area contributed by atoms with Crippen LogP contribution in [0.2, 0.25) is 0 Å². The van der Waals surface area contributed by atoms with E-state index in [1.54, 1.807) is 0 Å². The third-order valence-corrected chi connectivity index (χ3v) is 1.97. The molecule has 0 bridgehead atoms. The summed E-state index contributed by atoms with van der Waals surface area (Å²) >= 11 is 10.5. The molecule has 1 unspecified atom stereocenters. The lowest BCUT2D eigenvalue weighted by atomic mass is 10.8. The third kappa shape index (κ3) is 4.96. The molecule has 0 aliphatic carbocycles. The first-order valence-electron chi connectivity index (χ1n) is 2.25. The summed E-state index contributed by atoms with van der Waals surface area (Å²) in [6, 6.07) is 0. The number of hydrogen-bond donors (Lipinski definition) is 2. The lowest BCUT2D eigenvalue weighted by Gasteiger charge is -2.00. The third-order valence-electron chi connectivity index (χ3n) is 0.592. The maximum Gasteiger partial charge on any atom is 0.183 e. The molecule has 0 amide bonds. The van der Waals surface area contributed by atoms with E-state index in [0.717, 1.165) is 0 Å². The molecule has 0 aromatic carbocycles. The van der Waals surface area contributed by atoms with Gasteiger partial charge in [0, 0.05) is 12.4 Å². The van der Waals surface area contributed by atoms with Gasteiger partial charge in [0.15, 0.2) is 15.5 Å². The summed E-state index contributed by atoms with van der Waals surface area (Å²) in [4.78, 5) is -0.987. The fourth-order valence-electron chi connectivity index (χ4n) is 0.248. The van der Waals surface area contributed by atoms with Gasteiger partial charge in [-0.1, -0.05) is 11.6 Å². The quantitative estimate of drug-likeness (QED) is 0.373. The normalized spacial score (nSPS) is 14.1. The van der Waals surface area contributed by atoms with Crippen LogP contribution in [-0.2, 0) is 10.7 Å². The van der Waals surface area contributed by atoms with Gasteiger partial charge in [-0.15, -0.1) is 11.6 Å². The van der Waals surface area contributed by atoms with Gasteiger partial charge in [-0.2, -0.15) is 0 Å². The Hall–Kier alpha value is 0.490. The Morgan fingerprint density at radius 3 is 2.44 bits per heavy atom. The van der Waals surface area contributed by atoms with Crippen LogP contribution in [-0.4, -0.2) is 25.7 Å². The van der Waals surface area contributed by atoms with E-state index in [2.05, 4.69) is 5.32 Å². The standard InChI is InChI=1S/C3H7Cl2NO2S/c4-1-2-6-3(5)9(7)8/h3,6,9H,1-2H2. The van der Waals surface area contributed by atoms with Crippen molar-refractivity contribution < 1.29 is 8.42 Å². The summed E-state index contributed by atoms with van der Waals surface area (Å²) in [7, 11) is -2.58. The fourth-order valence-corrected chi connectivity index (χ4v) is 0.745. The fraction of sp³-hybridized carbons (Fsp3) is 1.00. The highest BCUT2D eigenvalue weighted by atomic mass is 35.5. The van der Waals surface area contributed by atoms with E-state index in [0.29, 0.717) is 12.4 Å². The summed E-state index contributed by atoms with van der Waals surface area (Å²) in [6.07, 6.45) is 0. The van der Waals surface area contributed by atoms with Crippen molar-refractivity contribution in [2.24, 2.45) is 0 Å². The second kappa shape index (κ2) is 5.29. The van der Waals surface area contributed by atoms with Crippen molar-refractivity contribution in [1.29, 1.82) is 0 Å². The van der Waals surface area contributed by atoms with Gasteiger partial charge in [-0.3, -0.25) is 5.32 Å². The molecule has 3 nitrogen and oxygen atoms in total. The van der Waals surface area contributed by atoms with Gasteiger partial charge in [-0.05, 0) is 0 Å². The van der Waals surface area contributed by atoms with E-state index in [-0.39, 0.29) is 0 Å². The SMILES string of the molecule is O=[SH](=O)C(Cl)NCCCl. The molecule has 0 fully saturated rings. The van der Waals surface area contributed by atoms with Gasteiger partial charge in [0.1, 0.15) is 0 Å². The lowest BCUT2D eigenvalue weighted by Crippen LogP contribution is -2.26. The highest BCUT2D eigenvalue weighted by Crippen LogP contribution is 1.89. The molecular weight excluding hydrogens is 185 g/mol. The van der Waals surface area contributed by atoms with Gasteiger partial charge in [0.2, 0.25) is 0 Å². The Morgan fingerprint density at radius 2 is 2.11 bits per heavy atom. The molecule has 0 aromatic rings. The predicted octanol–water partition coefficient (Wildman–Crippen LogP) is -0.0514. The van der Waals surface area contributed by atoms with E-state index < -0.39 is 15.5 Å². The van der Waals surface area contributed by atoms with Crippen LogP contribution in [0.1, 0.15) is 0 Å². The van der Waals surface area contributed by atoms with Gasteiger partial charge < -0.3 is 0 Å². The Bertz CT molecular complexity index is 130. The first kappa shape index (κ1) is 9.49. The van der Waals surface area contributed by atoms with E-state index >= 15 is 0 Å². The molecule has 1 N–H and O–H groups in total. The van der Waals surface area contributed by atoms with Gasteiger partial charge in [0.25, 0.3) is 0 Å². The van der Waals surface area contributed by atoms with E-state index in [1.165, 1.54) is 0 Å². The molecule has 0 heterocycles. The summed E-state index contributed by atoms with van der Waals surface area (Å²) in [6.45, 7) is 0.402. The van der Waals surface area contributed by atoms with Crippen molar-refractivity contribution in [2.75, 3.05) is 12.4 Å². The van der Waals surface area contributed by atoms with Crippen molar-refractivity contribution in [1.82, 2.24) is 5.32 Å². The molecule has 6 heteroatoms. The second-order valence-electron chi connectivity index (χ2n) is 1.26. The zero-order chi connectivity index (χ0) is 7.28. The molecule has 0 aliphatic heterocycles. The molecule has 0 aromatic heterocycles. The number of alkyl halides is 2. The summed E-state index contributed by atoms with van der Waals surface area (Å²) in [5.41, 5.74) is 0. The molecule has 56 valence electrons. The van der Waals surface area contributed by atoms with Crippen LogP contribution >= 0.6 is 23.2 Å². The van der Waals surface area contributed by atoms with Crippen molar-refractivity contribution in [3.05, 3.63) is 0 Å². The highest BCUT2D eigenvalue weighted by Gasteiger charge is 2.02. The molecule has 0 saturated heterocycles. The summed E-state index contributed by atoms with van der Waals surface area (Å²) < 4.78 is 20.0. The van der Waals surface area contributed by atoms with E-state index in [4.69, 9.17) is 23.2 Å². The van der Waals surface area contributed by atoms with E-state index in [9.17, 15) is 8.42 Å². The smallest absolute Gasteiger partial charge is 0.183 e. The zero-order valence-corrected chi connectivity index (χ0v) is 6.92. The molecule has 9 heavy (non-hydrogen) atoms. The van der Waals surface area contributed by atoms with Crippen molar-refractivity contribution in [2.45, 2.75) is 4.83 Å². The summed E-state index contributed by atoms with van der Waals surface area (Å²) in [5.74, 6) is 0.354. The Balaban J connectivity index is 3.38. The van der Waals surface area contributed by atoms with Gasteiger partial charge in [0.05, 0.1) is 0 Å². The average Bonchev–Trinajstić information content (AvgIpc) is 1.82. The van der Waals surface area contributed by atoms with Crippen LogP contribution < -0.4 is 5.32 Å². The molecule has 0 radical (unpaired) electrons. The van der Waals surface area contributed by atoms with Gasteiger partial charge in [-0.25, -0.2) is 8.42 Å². The van der Waals surface area contributed by atoms with E-state index in [1.807, 2.05) is 0 Å². The minimum absolute atomic E-state index is 0.354. The maximum atomic E-state index is 10.0. The highest BCUT2D eigenvalue weighted by molar-refractivity contribution is 7.74. The number of thiol groups is 1. The minimum atomic E-state index is -2.58. The zero-order valence-electron chi connectivity index (χ0n) is 4.51. The molecule has 0 rings (SSSR count). The number of rotatable bonds is 4. The van der Waals surface area contributed by atoms with Crippen molar-refractivity contribution in [3.8, 4) is 0 Å². The molecule has 0 spiro atoms.